The van der Waals surface area contributed by atoms with Gasteiger partial charge >= 0.3 is 6.09 Å². The van der Waals surface area contributed by atoms with Gasteiger partial charge in [-0.05, 0) is 36.1 Å². The van der Waals surface area contributed by atoms with E-state index >= 15 is 0 Å². The molecule has 1 saturated heterocycles. The minimum Gasteiger partial charge on any atom is -0.449 e. The smallest absolute Gasteiger partial charge is 0.410 e. The number of rotatable bonds is 3. The van der Waals surface area contributed by atoms with Crippen molar-refractivity contribution in [2.75, 3.05) is 13.2 Å². The summed E-state index contributed by atoms with van der Waals surface area (Å²) >= 11 is 0. The van der Waals surface area contributed by atoms with Crippen molar-refractivity contribution in [1.29, 1.82) is 0 Å². The fraction of sp³-hybridized carbons (Fsp3) is 0.294. The average Bonchev–Trinajstić information content (AvgIpc) is 2.56. The molecule has 3 rings (SSSR count). The Morgan fingerprint density at radius 3 is 2.45 bits per heavy atom. The summed E-state index contributed by atoms with van der Waals surface area (Å²) in [6.07, 6.45) is 2.32. The third-order valence-electron chi connectivity index (χ3n) is 3.98. The van der Waals surface area contributed by atoms with Gasteiger partial charge in [-0.1, -0.05) is 24.3 Å². The van der Waals surface area contributed by atoms with Crippen molar-refractivity contribution < 1.29 is 9.53 Å². The summed E-state index contributed by atoms with van der Waals surface area (Å²) in [5.74, 6) is 0. The average molecular weight is 298 g/mol. The summed E-state index contributed by atoms with van der Waals surface area (Å²) in [7, 11) is 0. The molecule has 1 aromatic heterocycles. The first kappa shape index (κ1) is 14.4. The number of ether oxygens (including phenoxy) is 1. The number of aromatic amines is 1. The number of hydrogen-bond donors (Lipinski definition) is 1. The van der Waals surface area contributed by atoms with Gasteiger partial charge in [0.2, 0.25) is 5.56 Å². The van der Waals surface area contributed by atoms with Crippen LogP contribution < -0.4 is 5.56 Å². The van der Waals surface area contributed by atoms with Crippen LogP contribution in [-0.4, -0.2) is 29.1 Å². The number of carbonyl (C=O) groups excluding carboxylic acids is 1. The highest BCUT2D eigenvalue weighted by Gasteiger charge is 2.25. The van der Waals surface area contributed by atoms with Gasteiger partial charge in [0, 0.05) is 18.8 Å². The van der Waals surface area contributed by atoms with E-state index in [2.05, 4.69) is 4.98 Å². The van der Waals surface area contributed by atoms with Gasteiger partial charge in [-0.25, -0.2) is 4.79 Å². The molecular weight excluding hydrogens is 280 g/mol. The number of carbonyl (C=O) groups is 1. The third kappa shape index (κ3) is 2.88. The third-order valence-corrected chi connectivity index (χ3v) is 3.98. The Morgan fingerprint density at radius 1 is 1.09 bits per heavy atom. The van der Waals surface area contributed by atoms with E-state index in [-0.39, 0.29) is 17.7 Å². The van der Waals surface area contributed by atoms with Gasteiger partial charge in [0.05, 0.1) is 12.6 Å². The molecule has 0 spiro atoms. The lowest BCUT2D eigenvalue weighted by Crippen LogP contribution is -2.39. The van der Waals surface area contributed by atoms with Gasteiger partial charge < -0.3 is 14.6 Å². The van der Waals surface area contributed by atoms with E-state index in [1.165, 1.54) is 6.07 Å². The van der Waals surface area contributed by atoms with Crippen molar-refractivity contribution >= 4 is 6.09 Å². The van der Waals surface area contributed by atoms with E-state index in [1.807, 2.05) is 31.2 Å². The topological polar surface area (TPSA) is 62.4 Å². The Hall–Kier alpha value is -2.56. The molecule has 1 atom stereocenters. The monoisotopic (exact) mass is 298 g/mol. The number of amides is 1. The van der Waals surface area contributed by atoms with Gasteiger partial charge in [-0.15, -0.1) is 0 Å². The molecule has 2 aromatic rings. The fourth-order valence-electron chi connectivity index (χ4n) is 2.64. The molecule has 22 heavy (non-hydrogen) atoms. The molecule has 1 N–H and O–H groups in total. The molecule has 5 heteroatoms. The maximum Gasteiger partial charge on any atom is 0.410 e. The van der Waals surface area contributed by atoms with Crippen LogP contribution in [0.3, 0.4) is 0 Å². The normalized spacial score (nSPS) is 16.2. The van der Waals surface area contributed by atoms with Gasteiger partial charge in [-0.2, -0.15) is 0 Å². The molecular formula is C17H18N2O3. The number of pyridine rings is 1. The lowest BCUT2D eigenvalue weighted by Gasteiger charge is -2.32. The number of H-pyrrole nitrogens is 1. The summed E-state index contributed by atoms with van der Waals surface area (Å²) in [6.45, 7) is 3.23. The zero-order valence-corrected chi connectivity index (χ0v) is 12.4. The predicted octanol–water partition coefficient (Wildman–Crippen LogP) is 2.95. The van der Waals surface area contributed by atoms with Gasteiger partial charge in [0.25, 0.3) is 0 Å². The molecule has 1 aliphatic rings. The molecule has 0 bridgehead atoms. The quantitative estimate of drug-likeness (QED) is 0.947. The lowest BCUT2D eigenvalue weighted by molar-refractivity contribution is 0.0580. The van der Waals surface area contributed by atoms with Crippen LogP contribution in [0.2, 0.25) is 0 Å². The molecule has 0 unspecified atom stereocenters. The molecule has 1 aliphatic heterocycles. The van der Waals surface area contributed by atoms with Crippen LogP contribution in [0.4, 0.5) is 4.79 Å². The van der Waals surface area contributed by atoms with Gasteiger partial charge in [0.1, 0.15) is 0 Å². The second kappa shape index (κ2) is 6.05. The molecule has 5 nitrogen and oxygen atoms in total. The Labute approximate surface area is 128 Å². The maximum absolute atomic E-state index is 11.8. The number of cyclic esters (lactones) is 1. The van der Waals surface area contributed by atoms with Crippen LogP contribution >= 0.6 is 0 Å². The second-order valence-electron chi connectivity index (χ2n) is 5.40. The molecule has 2 heterocycles. The highest BCUT2D eigenvalue weighted by Crippen LogP contribution is 2.26. The van der Waals surface area contributed by atoms with E-state index in [4.69, 9.17) is 4.74 Å². The summed E-state index contributed by atoms with van der Waals surface area (Å²) in [4.78, 5) is 27.3. The SMILES string of the molecule is C[C@@H](c1ccc(-c2ccc(=O)[nH]c2)cc1)N1CCCOC1=O. The van der Waals surface area contributed by atoms with E-state index in [1.54, 1.807) is 17.2 Å². The predicted molar refractivity (Wildman–Crippen MR) is 83.6 cm³/mol. The van der Waals surface area contributed by atoms with Crippen molar-refractivity contribution in [3.8, 4) is 11.1 Å². The van der Waals surface area contributed by atoms with Crippen LogP contribution in [0, 0.1) is 0 Å². The molecule has 1 fully saturated rings. The van der Waals surface area contributed by atoms with E-state index < -0.39 is 0 Å². The Bertz CT molecular complexity index is 701. The number of benzene rings is 1. The van der Waals surface area contributed by atoms with E-state index in [0.29, 0.717) is 6.61 Å². The zero-order chi connectivity index (χ0) is 15.5. The van der Waals surface area contributed by atoms with Crippen LogP contribution in [0.25, 0.3) is 11.1 Å². The largest absolute Gasteiger partial charge is 0.449 e. The first-order chi connectivity index (χ1) is 10.6. The van der Waals surface area contributed by atoms with Crippen molar-refractivity contribution in [1.82, 2.24) is 9.88 Å². The summed E-state index contributed by atoms with van der Waals surface area (Å²) < 4.78 is 5.09. The number of hydrogen-bond acceptors (Lipinski definition) is 3. The first-order valence-corrected chi connectivity index (χ1v) is 7.37. The summed E-state index contributed by atoms with van der Waals surface area (Å²) in [5.41, 5.74) is 2.93. The molecule has 0 saturated carbocycles. The van der Waals surface area contributed by atoms with Crippen molar-refractivity contribution in [3.05, 3.63) is 58.5 Å². The van der Waals surface area contributed by atoms with E-state index in [9.17, 15) is 9.59 Å². The standard InChI is InChI=1S/C17H18N2O3/c1-12(19-9-2-10-22-17(19)21)13-3-5-14(6-4-13)15-7-8-16(20)18-11-15/h3-8,11-12H,2,9-10H2,1H3,(H,18,20)/t12-/m0/s1. The number of aromatic nitrogens is 1. The highest BCUT2D eigenvalue weighted by atomic mass is 16.6. The minimum atomic E-state index is -0.247. The van der Waals surface area contributed by atoms with Gasteiger partial charge in [-0.3, -0.25) is 4.79 Å². The van der Waals surface area contributed by atoms with Crippen LogP contribution in [-0.2, 0) is 4.74 Å². The van der Waals surface area contributed by atoms with Crippen LogP contribution in [0.5, 0.6) is 0 Å². The zero-order valence-electron chi connectivity index (χ0n) is 12.4. The second-order valence-corrected chi connectivity index (χ2v) is 5.40. The van der Waals surface area contributed by atoms with Crippen molar-refractivity contribution in [3.63, 3.8) is 0 Å². The van der Waals surface area contributed by atoms with Crippen LogP contribution in [0.15, 0.2) is 47.4 Å². The highest BCUT2D eigenvalue weighted by molar-refractivity contribution is 5.69. The van der Waals surface area contributed by atoms with E-state index in [0.717, 1.165) is 29.7 Å². The summed E-state index contributed by atoms with van der Waals surface area (Å²) in [6, 6.07) is 11.3. The molecule has 1 amide bonds. The summed E-state index contributed by atoms with van der Waals surface area (Å²) in [5, 5.41) is 0. The maximum atomic E-state index is 11.8. The Kier molecular flexibility index (Phi) is 3.96. The van der Waals surface area contributed by atoms with Gasteiger partial charge in [0.15, 0.2) is 0 Å². The Morgan fingerprint density at radius 2 is 1.82 bits per heavy atom. The molecule has 114 valence electrons. The molecule has 1 aromatic carbocycles. The lowest BCUT2D eigenvalue weighted by atomic mass is 10.0. The van der Waals surface area contributed by atoms with Crippen molar-refractivity contribution in [2.45, 2.75) is 19.4 Å². The fourth-order valence-corrected chi connectivity index (χ4v) is 2.64. The first-order valence-electron chi connectivity index (χ1n) is 7.37. The molecule has 0 radical (unpaired) electrons. The van der Waals surface area contributed by atoms with Crippen molar-refractivity contribution in [2.24, 2.45) is 0 Å². The molecule has 0 aliphatic carbocycles. The minimum absolute atomic E-state index is 0.0163. The van der Waals surface area contributed by atoms with Crippen LogP contribution in [0.1, 0.15) is 24.9 Å². The Balaban J connectivity index is 1.80. The number of nitrogens with one attached hydrogen (secondary N) is 1. The number of nitrogens with zero attached hydrogens (tertiary/aromatic N) is 1.